The smallest absolute Gasteiger partial charge is 0.196 e. The van der Waals surface area contributed by atoms with Gasteiger partial charge < -0.3 is 24.7 Å². The summed E-state index contributed by atoms with van der Waals surface area (Å²) >= 11 is 0. The molecule has 5 heteroatoms. The highest BCUT2D eigenvalue weighted by atomic mass is 16.5. The van der Waals surface area contributed by atoms with E-state index in [2.05, 4.69) is 204 Å². The van der Waals surface area contributed by atoms with Crippen LogP contribution in [-0.2, 0) is 0 Å². The highest BCUT2D eigenvalue weighted by molar-refractivity contribution is 6.11. The van der Waals surface area contributed by atoms with Gasteiger partial charge in [0.05, 0.1) is 17.1 Å². The Balaban J connectivity index is 1.02. The number of furan rings is 1. The van der Waals surface area contributed by atoms with Gasteiger partial charge in [0.25, 0.3) is 0 Å². The molecule has 1 aliphatic heterocycles. The number of nitrogens with zero attached hydrogens (tertiary/aromatic N) is 1. The van der Waals surface area contributed by atoms with E-state index >= 15 is 0 Å². The van der Waals surface area contributed by atoms with Gasteiger partial charge in [0.2, 0.25) is 0 Å². The summed E-state index contributed by atoms with van der Waals surface area (Å²) in [6.45, 7) is 0. The lowest BCUT2D eigenvalue weighted by atomic mass is 9.99. The molecule has 0 fully saturated rings. The van der Waals surface area contributed by atoms with Gasteiger partial charge in [-0.15, -0.1) is 0 Å². The molecule has 10 aromatic rings. The third kappa shape index (κ3) is 6.48. The van der Waals surface area contributed by atoms with Crippen molar-refractivity contribution in [3.63, 3.8) is 0 Å². The van der Waals surface area contributed by atoms with Gasteiger partial charge >= 0.3 is 0 Å². The fraction of sp³-hybridized carbons (Fsp3) is 0.0182. The molecule has 0 saturated carbocycles. The second-order valence-corrected chi connectivity index (χ2v) is 15.0. The molecule has 1 aliphatic rings. The van der Waals surface area contributed by atoms with Gasteiger partial charge in [-0.2, -0.15) is 0 Å². The number of hydrogen-bond donors (Lipinski definition) is 2. The van der Waals surface area contributed by atoms with Crippen LogP contribution in [0.25, 0.3) is 55.3 Å². The summed E-state index contributed by atoms with van der Waals surface area (Å²) < 4.78 is 13.0. The van der Waals surface area contributed by atoms with Gasteiger partial charge in [-0.3, -0.25) is 0 Å². The zero-order valence-electron chi connectivity index (χ0n) is 32.6. The minimum atomic E-state index is -0.237. The van der Waals surface area contributed by atoms with E-state index in [-0.39, 0.29) is 6.23 Å². The zero-order chi connectivity index (χ0) is 39.8. The van der Waals surface area contributed by atoms with Crippen molar-refractivity contribution >= 4 is 56.1 Å². The number of anilines is 6. The fourth-order valence-corrected chi connectivity index (χ4v) is 8.39. The van der Waals surface area contributed by atoms with Crippen LogP contribution in [-0.4, -0.2) is 0 Å². The molecule has 0 radical (unpaired) electrons. The molecule has 2 N–H and O–H groups in total. The maximum absolute atomic E-state index is 6.68. The van der Waals surface area contributed by atoms with E-state index in [0.717, 1.165) is 101 Å². The number of rotatable bonds is 9. The third-order valence-electron chi connectivity index (χ3n) is 11.3. The molecule has 60 heavy (non-hydrogen) atoms. The minimum absolute atomic E-state index is 0.237. The molecule has 2 heterocycles. The zero-order valence-corrected chi connectivity index (χ0v) is 32.6. The number of benzene rings is 9. The maximum atomic E-state index is 6.68. The van der Waals surface area contributed by atoms with Crippen LogP contribution in [0, 0.1) is 0 Å². The molecule has 1 atom stereocenters. The fourth-order valence-electron chi connectivity index (χ4n) is 8.39. The minimum Gasteiger partial charge on any atom is -0.464 e. The van der Waals surface area contributed by atoms with Gasteiger partial charge in [0.15, 0.2) is 6.23 Å². The summed E-state index contributed by atoms with van der Waals surface area (Å²) in [5.74, 6) is 0.787. The normalized spacial score (nSPS) is 13.1. The van der Waals surface area contributed by atoms with Crippen molar-refractivity contribution in [2.24, 2.45) is 0 Å². The molecule has 286 valence electrons. The standard InChI is InChI=1S/C55H39N3O2/c1-5-16-37(17-6-1)41-22-13-25-44(34-41)58(50-29-15-26-45(38-18-7-2-8-19-38)53(50)56-42-23-11-4-12-24-42)43-32-30-39(31-33-43)46-27-14-28-47-48-35-49-52(36-51(48)59-54(46)47)60-55(57-49)40-20-9-3-10-21-40/h1-36,55-57H. The van der Waals surface area contributed by atoms with Crippen LogP contribution in [0.3, 0.4) is 0 Å². The molecule has 1 unspecified atom stereocenters. The Hall–Kier alpha value is -8.02. The molecule has 5 nitrogen and oxygen atoms in total. The second kappa shape index (κ2) is 15.1. The molecular weight excluding hydrogens is 735 g/mol. The molecule has 11 rings (SSSR count). The predicted molar refractivity (Wildman–Crippen MR) is 248 cm³/mol. The number of hydrogen-bond acceptors (Lipinski definition) is 5. The van der Waals surface area contributed by atoms with E-state index in [1.54, 1.807) is 0 Å². The van der Waals surface area contributed by atoms with Crippen LogP contribution >= 0.6 is 0 Å². The van der Waals surface area contributed by atoms with E-state index in [1.807, 2.05) is 30.3 Å². The van der Waals surface area contributed by atoms with Gasteiger partial charge in [-0.1, -0.05) is 164 Å². The summed E-state index contributed by atoms with van der Waals surface area (Å²) in [5.41, 5.74) is 15.4. The lowest BCUT2D eigenvalue weighted by Crippen LogP contribution is -2.12. The summed E-state index contributed by atoms with van der Waals surface area (Å²) in [4.78, 5) is 2.35. The summed E-state index contributed by atoms with van der Waals surface area (Å²) in [5, 5.41) is 9.50. The van der Waals surface area contributed by atoms with Crippen LogP contribution < -0.4 is 20.3 Å². The molecule has 1 aromatic heterocycles. The lowest BCUT2D eigenvalue weighted by molar-refractivity contribution is 0.260. The van der Waals surface area contributed by atoms with Crippen molar-refractivity contribution in [2.45, 2.75) is 6.23 Å². The van der Waals surface area contributed by atoms with Crippen molar-refractivity contribution in [2.75, 3.05) is 15.5 Å². The van der Waals surface area contributed by atoms with Gasteiger partial charge in [0.1, 0.15) is 16.9 Å². The molecule has 0 spiro atoms. The first kappa shape index (κ1) is 35.2. The Labute approximate surface area is 348 Å². The molecule has 9 aromatic carbocycles. The average molecular weight is 774 g/mol. The first-order valence-electron chi connectivity index (χ1n) is 20.3. The van der Waals surface area contributed by atoms with Crippen LogP contribution in [0.15, 0.2) is 223 Å². The van der Waals surface area contributed by atoms with Gasteiger partial charge in [0, 0.05) is 50.6 Å². The van der Waals surface area contributed by atoms with Crippen molar-refractivity contribution in [3.05, 3.63) is 224 Å². The van der Waals surface area contributed by atoms with Crippen molar-refractivity contribution in [1.82, 2.24) is 0 Å². The molecule has 0 aliphatic carbocycles. The quantitative estimate of drug-likeness (QED) is 0.153. The number of fused-ring (bicyclic) bond motifs is 4. The SMILES string of the molecule is c1ccc(Nc2c(-c3ccccc3)cccc2N(c2ccc(-c3cccc4c3oc3cc5c(cc34)NC(c3ccccc3)O5)cc2)c2cccc(-c3ccccc3)c2)cc1. The monoisotopic (exact) mass is 773 g/mol. The summed E-state index contributed by atoms with van der Waals surface area (Å²) in [6.07, 6.45) is -0.237. The predicted octanol–water partition coefficient (Wildman–Crippen LogP) is 15.3. The number of para-hydroxylation sites is 3. The van der Waals surface area contributed by atoms with Crippen molar-refractivity contribution in [3.8, 4) is 39.1 Å². The molecule has 0 saturated heterocycles. The van der Waals surface area contributed by atoms with E-state index < -0.39 is 0 Å². The van der Waals surface area contributed by atoms with Crippen molar-refractivity contribution in [1.29, 1.82) is 0 Å². The lowest BCUT2D eigenvalue weighted by Gasteiger charge is -2.30. The Bertz CT molecular complexity index is 3110. The van der Waals surface area contributed by atoms with Crippen LogP contribution in [0.2, 0.25) is 0 Å². The Kier molecular flexibility index (Phi) is 8.82. The molecule has 0 amide bonds. The highest BCUT2D eigenvalue weighted by Crippen LogP contribution is 2.47. The van der Waals surface area contributed by atoms with Gasteiger partial charge in [-0.25, -0.2) is 0 Å². The highest BCUT2D eigenvalue weighted by Gasteiger charge is 2.26. The van der Waals surface area contributed by atoms with E-state index in [9.17, 15) is 0 Å². The summed E-state index contributed by atoms with van der Waals surface area (Å²) in [7, 11) is 0. The molecule has 0 bridgehead atoms. The van der Waals surface area contributed by atoms with E-state index in [4.69, 9.17) is 9.15 Å². The Morgan fingerprint density at radius 3 is 1.87 bits per heavy atom. The maximum Gasteiger partial charge on any atom is 0.196 e. The van der Waals surface area contributed by atoms with Crippen LogP contribution in [0.5, 0.6) is 5.75 Å². The van der Waals surface area contributed by atoms with Crippen LogP contribution in [0.4, 0.5) is 34.1 Å². The van der Waals surface area contributed by atoms with Crippen molar-refractivity contribution < 1.29 is 9.15 Å². The Morgan fingerprint density at radius 1 is 0.467 bits per heavy atom. The summed E-state index contributed by atoms with van der Waals surface area (Å²) in [6, 6.07) is 76.5. The second-order valence-electron chi connectivity index (χ2n) is 15.0. The Morgan fingerprint density at radius 2 is 1.10 bits per heavy atom. The topological polar surface area (TPSA) is 49.7 Å². The first-order valence-corrected chi connectivity index (χ1v) is 20.3. The number of ether oxygens (including phenoxy) is 1. The molecular formula is C55H39N3O2. The first-order chi connectivity index (χ1) is 29.7. The van der Waals surface area contributed by atoms with E-state index in [0.29, 0.717) is 0 Å². The largest absolute Gasteiger partial charge is 0.464 e. The van der Waals surface area contributed by atoms with Crippen LogP contribution in [0.1, 0.15) is 11.8 Å². The average Bonchev–Trinajstić information content (AvgIpc) is 3.91. The third-order valence-corrected chi connectivity index (χ3v) is 11.3. The van der Waals surface area contributed by atoms with E-state index in [1.165, 1.54) is 0 Å². The number of nitrogens with one attached hydrogen (secondary N) is 2. The van der Waals surface area contributed by atoms with Gasteiger partial charge in [-0.05, 0) is 70.8 Å².